The van der Waals surface area contributed by atoms with Crippen LogP contribution in [0.15, 0.2) is 5.10 Å². The maximum Gasteiger partial charge on any atom is 0.0406 e. The van der Waals surface area contributed by atoms with Crippen LogP contribution < -0.4 is 0 Å². The van der Waals surface area contributed by atoms with Gasteiger partial charge < -0.3 is 5.01 Å². The summed E-state index contributed by atoms with van der Waals surface area (Å²) in [7, 11) is 3.98. The van der Waals surface area contributed by atoms with Gasteiger partial charge in [-0.3, -0.25) is 0 Å². The van der Waals surface area contributed by atoms with Crippen LogP contribution in [0.4, 0.5) is 0 Å². The van der Waals surface area contributed by atoms with E-state index in [-0.39, 0.29) is 0 Å². The smallest absolute Gasteiger partial charge is 0.0406 e. The molecule has 0 amide bonds. The van der Waals surface area contributed by atoms with Gasteiger partial charge in [0, 0.05) is 19.8 Å². The van der Waals surface area contributed by atoms with Crippen molar-refractivity contribution in [1.29, 1.82) is 0 Å². The molecule has 0 aromatic carbocycles. The van der Waals surface area contributed by atoms with Crippen LogP contribution in [0.1, 0.15) is 47.0 Å². The molecule has 0 radical (unpaired) electrons. The highest BCUT2D eigenvalue weighted by molar-refractivity contribution is 5.86. The van der Waals surface area contributed by atoms with E-state index in [1.165, 1.54) is 18.6 Å². The predicted molar refractivity (Wildman–Crippen MR) is 64.6 cm³/mol. The van der Waals surface area contributed by atoms with Crippen LogP contribution in [0.3, 0.4) is 0 Å². The Hall–Kier alpha value is -0.530. The highest BCUT2D eigenvalue weighted by Crippen LogP contribution is 2.17. The molecule has 2 nitrogen and oxygen atoms in total. The molecular weight excluding hydrogens is 172 g/mol. The molecule has 0 aliphatic rings. The van der Waals surface area contributed by atoms with Crippen LogP contribution in [-0.4, -0.2) is 24.8 Å². The molecule has 0 N–H and O–H groups in total. The maximum absolute atomic E-state index is 4.53. The fourth-order valence-corrected chi connectivity index (χ4v) is 1.68. The summed E-state index contributed by atoms with van der Waals surface area (Å²) in [6, 6.07) is 0. The van der Waals surface area contributed by atoms with Crippen molar-refractivity contribution in [3.05, 3.63) is 0 Å². The average molecular weight is 198 g/mol. The van der Waals surface area contributed by atoms with Crippen molar-refractivity contribution in [1.82, 2.24) is 5.01 Å². The molecule has 0 bridgehead atoms. The summed E-state index contributed by atoms with van der Waals surface area (Å²) in [5.41, 5.74) is 1.33. The lowest BCUT2D eigenvalue weighted by Gasteiger charge is -2.19. The molecule has 0 aliphatic heterocycles. The first-order valence-corrected chi connectivity index (χ1v) is 5.75. The molecule has 0 aromatic rings. The van der Waals surface area contributed by atoms with Crippen LogP contribution in [0.25, 0.3) is 0 Å². The molecule has 0 heterocycles. The van der Waals surface area contributed by atoms with Gasteiger partial charge in [0.25, 0.3) is 0 Å². The molecule has 2 heteroatoms. The molecule has 14 heavy (non-hydrogen) atoms. The van der Waals surface area contributed by atoms with E-state index in [2.05, 4.69) is 32.8 Å². The largest absolute Gasteiger partial charge is 0.303 e. The first-order chi connectivity index (χ1) is 6.51. The third-order valence-corrected chi connectivity index (χ3v) is 2.71. The van der Waals surface area contributed by atoms with Crippen LogP contribution in [0.5, 0.6) is 0 Å². The second-order valence-electron chi connectivity index (χ2n) is 4.44. The van der Waals surface area contributed by atoms with Crippen molar-refractivity contribution in [3.8, 4) is 0 Å². The summed E-state index contributed by atoms with van der Waals surface area (Å²) in [5.74, 6) is 1.43. The lowest BCUT2D eigenvalue weighted by atomic mass is 9.91. The number of rotatable bonds is 6. The normalized spacial score (nSPS) is 16.6. The molecule has 0 aromatic heterocycles. The minimum Gasteiger partial charge on any atom is -0.303 e. The van der Waals surface area contributed by atoms with E-state index in [0.29, 0.717) is 5.92 Å². The van der Waals surface area contributed by atoms with Gasteiger partial charge in [0.2, 0.25) is 0 Å². The zero-order valence-corrected chi connectivity index (χ0v) is 10.7. The Morgan fingerprint density at radius 3 is 2.14 bits per heavy atom. The summed E-state index contributed by atoms with van der Waals surface area (Å²) in [4.78, 5) is 0. The van der Waals surface area contributed by atoms with Crippen LogP contribution >= 0.6 is 0 Å². The Labute approximate surface area is 89.4 Å². The third kappa shape index (κ3) is 5.25. The average Bonchev–Trinajstić information content (AvgIpc) is 2.13. The molecule has 0 saturated heterocycles. The van der Waals surface area contributed by atoms with Gasteiger partial charge in [0.15, 0.2) is 0 Å². The van der Waals surface area contributed by atoms with Gasteiger partial charge in [-0.25, -0.2) is 0 Å². The Kier molecular flexibility index (Phi) is 6.60. The van der Waals surface area contributed by atoms with Crippen molar-refractivity contribution < 1.29 is 0 Å². The molecule has 84 valence electrons. The van der Waals surface area contributed by atoms with Crippen molar-refractivity contribution in [2.24, 2.45) is 16.9 Å². The lowest BCUT2D eigenvalue weighted by molar-refractivity contribution is 0.418. The van der Waals surface area contributed by atoms with E-state index in [4.69, 9.17) is 0 Å². The van der Waals surface area contributed by atoms with E-state index in [0.717, 1.165) is 12.3 Å². The predicted octanol–water partition coefficient (Wildman–Crippen LogP) is 3.39. The number of nitrogens with zero attached hydrogens (tertiary/aromatic N) is 2. The quantitative estimate of drug-likeness (QED) is 0.472. The van der Waals surface area contributed by atoms with Gasteiger partial charge >= 0.3 is 0 Å². The minimum absolute atomic E-state index is 0.623. The van der Waals surface area contributed by atoms with E-state index < -0.39 is 0 Å². The molecule has 0 rings (SSSR count). The summed E-state index contributed by atoms with van der Waals surface area (Å²) < 4.78 is 0. The lowest BCUT2D eigenvalue weighted by Crippen LogP contribution is -2.17. The van der Waals surface area contributed by atoms with Crippen molar-refractivity contribution in [3.63, 3.8) is 0 Å². The van der Waals surface area contributed by atoms with Gasteiger partial charge in [-0.1, -0.05) is 34.1 Å². The SMILES string of the molecule is CC/C(=N/N(C)C)C(C)CC(C)CC. The fraction of sp³-hybridized carbons (Fsp3) is 0.917. The zero-order valence-electron chi connectivity index (χ0n) is 10.7. The van der Waals surface area contributed by atoms with Gasteiger partial charge in [0.1, 0.15) is 0 Å². The summed E-state index contributed by atoms with van der Waals surface area (Å²) >= 11 is 0. The Balaban J connectivity index is 4.24. The Morgan fingerprint density at radius 1 is 1.21 bits per heavy atom. The minimum atomic E-state index is 0.623. The molecule has 0 fully saturated rings. The van der Waals surface area contributed by atoms with Crippen LogP contribution in [0.2, 0.25) is 0 Å². The van der Waals surface area contributed by atoms with Gasteiger partial charge in [-0.2, -0.15) is 5.10 Å². The van der Waals surface area contributed by atoms with Gasteiger partial charge in [-0.05, 0) is 24.7 Å². The fourth-order valence-electron chi connectivity index (χ4n) is 1.68. The summed E-state index contributed by atoms with van der Waals surface area (Å²) in [5, 5.41) is 6.44. The highest BCUT2D eigenvalue weighted by Gasteiger charge is 2.12. The number of hydrogen-bond acceptors (Lipinski definition) is 2. The van der Waals surface area contributed by atoms with Crippen molar-refractivity contribution in [2.75, 3.05) is 14.1 Å². The zero-order chi connectivity index (χ0) is 11.1. The standard InChI is InChI=1S/C12H26N2/c1-7-10(3)9-11(4)12(8-2)13-14(5)6/h10-11H,7-9H2,1-6H3/b13-12-. The van der Waals surface area contributed by atoms with Crippen LogP contribution in [0, 0.1) is 11.8 Å². The van der Waals surface area contributed by atoms with Crippen molar-refractivity contribution >= 4 is 5.71 Å². The summed E-state index contributed by atoms with van der Waals surface area (Å²) in [6.45, 7) is 9.05. The van der Waals surface area contributed by atoms with E-state index in [9.17, 15) is 0 Å². The second kappa shape index (κ2) is 6.86. The second-order valence-corrected chi connectivity index (χ2v) is 4.44. The Morgan fingerprint density at radius 2 is 1.79 bits per heavy atom. The van der Waals surface area contributed by atoms with E-state index >= 15 is 0 Å². The molecule has 2 unspecified atom stereocenters. The monoisotopic (exact) mass is 198 g/mol. The Bertz CT molecular complexity index is 173. The molecule has 0 aliphatic carbocycles. The molecular formula is C12H26N2. The first-order valence-electron chi connectivity index (χ1n) is 5.75. The van der Waals surface area contributed by atoms with E-state index in [1.807, 2.05) is 19.1 Å². The van der Waals surface area contributed by atoms with Crippen molar-refractivity contribution in [2.45, 2.75) is 47.0 Å². The highest BCUT2D eigenvalue weighted by atomic mass is 15.4. The van der Waals surface area contributed by atoms with Gasteiger partial charge in [-0.15, -0.1) is 0 Å². The van der Waals surface area contributed by atoms with Gasteiger partial charge in [0.05, 0.1) is 0 Å². The molecule has 2 atom stereocenters. The summed E-state index contributed by atoms with van der Waals surface area (Å²) in [6.07, 6.45) is 3.59. The maximum atomic E-state index is 4.53. The first kappa shape index (κ1) is 13.5. The topological polar surface area (TPSA) is 15.6 Å². The molecule has 0 spiro atoms. The van der Waals surface area contributed by atoms with E-state index in [1.54, 1.807) is 0 Å². The number of hydrogen-bond donors (Lipinski definition) is 0. The number of hydrazone groups is 1. The van der Waals surface area contributed by atoms with Crippen LogP contribution in [-0.2, 0) is 0 Å². The molecule has 0 saturated carbocycles. The third-order valence-electron chi connectivity index (χ3n) is 2.71.